The van der Waals surface area contributed by atoms with Crippen LogP contribution < -0.4 is 11.2 Å². The second-order valence-corrected chi connectivity index (χ2v) is 2.73. The number of nitrogens with one attached hydrogen (secondary N) is 1. The predicted octanol–water partition coefficient (Wildman–Crippen LogP) is -0.468. The lowest BCUT2D eigenvalue weighted by Crippen LogP contribution is -2.30. The van der Waals surface area contributed by atoms with Gasteiger partial charge in [-0.15, -0.1) is 0 Å². The largest absolute Gasteiger partial charge is 0.480 e. The molecule has 90 valence electrons. The number of hydrogen-bond acceptors (Lipinski definition) is 6. The third-order valence-electron chi connectivity index (χ3n) is 1.44. The fraction of sp³-hybridized carbons (Fsp3) is 0.667. The average molecular weight is 233 g/mol. The van der Waals surface area contributed by atoms with Crippen molar-refractivity contribution in [1.29, 1.82) is 0 Å². The standard InChI is InChI=1S/C6H11N5O5/c7-4(5(12)13)2-1-3-8-9-6(14)10-11(15)16/h4H,1-3,7H2,(H,10,14)(H,12,13)/t4-/m0/s1. The molecule has 0 bridgehead atoms. The van der Waals surface area contributed by atoms with Gasteiger partial charge in [0.25, 0.3) is 0 Å². The highest BCUT2D eigenvalue weighted by Gasteiger charge is 2.10. The van der Waals surface area contributed by atoms with Crippen molar-refractivity contribution in [3.63, 3.8) is 0 Å². The van der Waals surface area contributed by atoms with E-state index in [2.05, 4.69) is 10.2 Å². The Bertz CT molecular complexity index is 304. The molecule has 0 rings (SSSR count). The summed E-state index contributed by atoms with van der Waals surface area (Å²) >= 11 is 0. The van der Waals surface area contributed by atoms with Gasteiger partial charge >= 0.3 is 12.0 Å². The van der Waals surface area contributed by atoms with Gasteiger partial charge in [0.15, 0.2) is 5.03 Å². The molecule has 10 heteroatoms. The molecule has 0 aliphatic heterocycles. The van der Waals surface area contributed by atoms with Crippen molar-refractivity contribution in [2.75, 3.05) is 6.54 Å². The number of nitrogens with zero attached hydrogens (tertiary/aromatic N) is 3. The fourth-order valence-corrected chi connectivity index (χ4v) is 0.720. The van der Waals surface area contributed by atoms with Crippen molar-refractivity contribution in [3.05, 3.63) is 10.1 Å². The Morgan fingerprint density at radius 3 is 2.69 bits per heavy atom. The van der Waals surface area contributed by atoms with Crippen LogP contribution in [0.1, 0.15) is 12.8 Å². The highest BCUT2D eigenvalue weighted by molar-refractivity contribution is 5.73. The molecule has 0 radical (unpaired) electrons. The topological polar surface area (TPSA) is 160 Å². The summed E-state index contributed by atoms with van der Waals surface area (Å²) in [5.41, 5.74) is 6.45. The number of azo groups is 1. The molecule has 0 aliphatic rings. The number of carbonyl (C=O) groups is 2. The summed E-state index contributed by atoms with van der Waals surface area (Å²) in [7, 11) is 0. The lowest BCUT2D eigenvalue weighted by molar-refractivity contribution is -0.527. The number of amides is 2. The molecule has 0 aliphatic carbocycles. The minimum Gasteiger partial charge on any atom is -0.480 e. The Morgan fingerprint density at radius 1 is 1.56 bits per heavy atom. The highest BCUT2D eigenvalue weighted by atomic mass is 16.7. The van der Waals surface area contributed by atoms with Crippen LogP contribution in [0.3, 0.4) is 0 Å². The molecule has 0 heterocycles. The van der Waals surface area contributed by atoms with Gasteiger partial charge in [-0.1, -0.05) is 5.11 Å². The van der Waals surface area contributed by atoms with E-state index in [0.717, 1.165) is 0 Å². The van der Waals surface area contributed by atoms with Crippen LogP contribution in [0, 0.1) is 10.1 Å². The van der Waals surface area contributed by atoms with Gasteiger partial charge in [0.05, 0.1) is 6.54 Å². The minimum absolute atomic E-state index is 0.0755. The molecule has 0 aromatic heterocycles. The van der Waals surface area contributed by atoms with Crippen LogP contribution in [0.15, 0.2) is 10.2 Å². The van der Waals surface area contributed by atoms with Crippen molar-refractivity contribution in [3.8, 4) is 0 Å². The third-order valence-corrected chi connectivity index (χ3v) is 1.44. The summed E-state index contributed by atoms with van der Waals surface area (Å²) < 4.78 is 0. The van der Waals surface area contributed by atoms with Gasteiger partial charge in [0.1, 0.15) is 6.04 Å². The van der Waals surface area contributed by atoms with E-state index >= 15 is 0 Å². The first-order chi connectivity index (χ1) is 7.43. The molecule has 0 spiro atoms. The van der Waals surface area contributed by atoms with Crippen LogP contribution in [0.5, 0.6) is 0 Å². The van der Waals surface area contributed by atoms with Crippen LogP contribution in [-0.4, -0.2) is 34.7 Å². The van der Waals surface area contributed by atoms with Crippen molar-refractivity contribution in [1.82, 2.24) is 5.43 Å². The maximum atomic E-state index is 10.5. The van der Waals surface area contributed by atoms with E-state index in [4.69, 9.17) is 10.8 Å². The Hall–Kier alpha value is -2.10. The number of urea groups is 1. The first-order valence-corrected chi connectivity index (χ1v) is 4.24. The summed E-state index contributed by atoms with van der Waals surface area (Å²) in [5.74, 6) is -1.12. The second-order valence-electron chi connectivity index (χ2n) is 2.73. The average Bonchev–Trinajstić information content (AvgIpc) is 2.15. The normalized spacial score (nSPS) is 12.3. The number of aliphatic carboxylic acids is 1. The third kappa shape index (κ3) is 7.32. The molecule has 16 heavy (non-hydrogen) atoms. The Kier molecular flexibility index (Phi) is 6.28. The smallest absolute Gasteiger partial charge is 0.417 e. The lowest BCUT2D eigenvalue weighted by Gasteiger charge is -2.02. The Balaban J connectivity index is 3.66. The van der Waals surface area contributed by atoms with Crippen molar-refractivity contribution in [2.45, 2.75) is 18.9 Å². The molecule has 0 aromatic rings. The zero-order valence-electron chi connectivity index (χ0n) is 8.20. The van der Waals surface area contributed by atoms with Crippen molar-refractivity contribution >= 4 is 12.0 Å². The number of hydrazine groups is 1. The van der Waals surface area contributed by atoms with Crippen LogP contribution in [0.4, 0.5) is 4.79 Å². The number of nitro groups is 1. The Morgan fingerprint density at radius 2 is 2.19 bits per heavy atom. The number of carboxylic acids is 1. The molecular weight excluding hydrogens is 222 g/mol. The molecule has 2 amide bonds. The van der Waals surface area contributed by atoms with Crippen molar-refractivity contribution in [2.24, 2.45) is 16.0 Å². The summed E-state index contributed by atoms with van der Waals surface area (Å²) in [6.07, 6.45) is 0.508. The van der Waals surface area contributed by atoms with Gasteiger partial charge in [-0.3, -0.25) is 4.79 Å². The predicted molar refractivity (Wildman–Crippen MR) is 50.1 cm³/mol. The molecule has 1 atom stereocenters. The maximum absolute atomic E-state index is 10.5. The van der Waals surface area contributed by atoms with E-state index in [1.807, 2.05) is 0 Å². The van der Waals surface area contributed by atoms with Gasteiger partial charge in [-0.05, 0) is 18.3 Å². The van der Waals surface area contributed by atoms with Gasteiger partial charge in [-0.25, -0.2) is 14.9 Å². The van der Waals surface area contributed by atoms with Gasteiger partial charge in [-0.2, -0.15) is 5.11 Å². The van der Waals surface area contributed by atoms with E-state index < -0.39 is 23.1 Å². The molecule has 10 nitrogen and oxygen atoms in total. The Labute approximate surface area is 89.6 Å². The summed E-state index contributed by atoms with van der Waals surface area (Å²) in [5, 5.41) is 23.4. The molecule has 0 saturated heterocycles. The summed E-state index contributed by atoms with van der Waals surface area (Å²) in [4.78, 5) is 30.6. The maximum Gasteiger partial charge on any atom is 0.417 e. The minimum atomic E-state index is -1.19. The highest BCUT2D eigenvalue weighted by Crippen LogP contribution is 1.95. The molecule has 0 unspecified atom stereocenters. The monoisotopic (exact) mass is 233 g/mol. The van der Waals surface area contributed by atoms with Gasteiger partial charge in [0, 0.05) is 0 Å². The number of nitrogens with two attached hydrogens (primary N) is 1. The van der Waals surface area contributed by atoms with E-state index in [0.29, 0.717) is 6.42 Å². The summed E-state index contributed by atoms with van der Waals surface area (Å²) in [6, 6.07) is -2.17. The molecule has 0 fully saturated rings. The van der Waals surface area contributed by atoms with Gasteiger partial charge in [0.2, 0.25) is 0 Å². The van der Waals surface area contributed by atoms with Crippen LogP contribution in [-0.2, 0) is 4.79 Å². The zero-order chi connectivity index (χ0) is 12.6. The van der Waals surface area contributed by atoms with E-state index in [1.165, 1.54) is 5.43 Å². The van der Waals surface area contributed by atoms with E-state index in [9.17, 15) is 19.7 Å². The second kappa shape index (κ2) is 7.23. The van der Waals surface area contributed by atoms with E-state index in [1.54, 1.807) is 0 Å². The van der Waals surface area contributed by atoms with Crippen LogP contribution in [0.2, 0.25) is 0 Å². The molecule has 0 saturated carbocycles. The fourth-order valence-electron chi connectivity index (χ4n) is 0.720. The van der Waals surface area contributed by atoms with Crippen LogP contribution in [0.25, 0.3) is 0 Å². The first kappa shape index (κ1) is 13.9. The quantitative estimate of drug-likeness (QED) is 0.243. The molecule has 0 aromatic carbocycles. The first-order valence-electron chi connectivity index (χ1n) is 4.24. The van der Waals surface area contributed by atoms with Gasteiger partial charge < -0.3 is 10.8 Å². The summed E-state index contributed by atoms with van der Waals surface area (Å²) in [6.45, 7) is 0.0755. The number of rotatable bonds is 6. The SMILES string of the molecule is N[C@@H](CCCN=NC(=O)N[N+](=O)[O-])C(=O)O. The zero-order valence-corrected chi connectivity index (χ0v) is 8.20. The molecular formula is C6H11N5O5. The van der Waals surface area contributed by atoms with Crippen LogP contribution >= 0.6 is 0 Å². The molecule has 4 N–H and O–H groups in total. The van der Waals surface area contributed by atoms with E-state index in [-0.39, 0.29) is 13.0 Å². The number of hydrogen-bond donors (Lipinski definition) is 3. The lowest BCUT2D eigenvalue weighted by atomic mass is 10.2. The number of carbonyl (C=O) groups excluding carboxylic acids is 1. The number of carboxylic acid groups (broad SMARTS) is 1. The van der Waals surface area contributed by atoms with Crippen molar-refractivity contribution < 1.29 is 19.7 Å².